The van der Waals surface area contributed by atoms with Crippen molar-refractivity contribution in [3.05, 3.63) is 58.6 Å². The van der Waals surface area contributed by atoms with Gasteiger partial charge in [-0.05, 0) is 43.2 Å². The lowest BCUT2D eigenvalue weighted by atomic mass is 10.1. The Kier molecular flexibility index (Phi) is 4.58. The summed E-state index contributed by atoms with van der Waals surface area (Å²) >= 11 is 6.09. The fraction of sp³-hybridized carbons (Fsp3) is 0.263. The van der Waals surface area contributed by atoms with Crippen molar-refractivity contribution in [2.24, 2.45) is 5.92 Å². The second-order valence-corrected chi connectivity index (χ2v) is 6.50. The van der Waals surface area contributed by atoms with Crippen LogP contribution in [-0.4, -0.2) is 18.4 Å². The van der Waals surface area contributed by atoms with Crippen LogP contribution in [0.2, 0.25) is 5.02 Å². The Balaban J connectivity index is 1.75. The van der Waals surface area contributed by atoms with Crippen LogP contribution in [0, 0.1) is 19.8 Å². The van der Waals surface area contributed by atoms with Gasteiger partial charge in [-0.15, -0.1) is 0 Å². The molecule has 2 amide bonds. The smallest absolute Gasteiger partial charge is 0.229 e. The molecule has 1 saturated heterocycles. The van der Waals surface area contributed by atoms with Gasteiger partial charge in [0.2, 0.25) is 11.8 Å². The van der Waals surface area contributed by atoms with Gasteiger partial charge in [0.25, 0.3) is 0 Å². The zero-order valence-electron chi connectivity index (χ0n) is 13.7. The fourth-order valence-electron chi connectivity index (χ4n) is 2.96. The average Bonchev–Trinajstić information content (AvgIpc) is 2.94. The van der Waals surface area contributed by atoms with Crippen molar-refractivity contribution in [3.8, 4) is 0 Å². The van der Waals surface area contributed by atoms with Crippen LogP contribution in [0.1, 0.15) is 17.5 Å². The fourth-order valence-corrected chi connectivity index (χ4v) is 3.13. The number of anilines is 2. The van der Waals surface area contributed by atoms with Crippen molar-refractivity contribution in [2.45, 2.75) is 20.3 Å². The van der Waals surface area contributed by atoms with Crippen molar-refractivity contribution in [3.63, 3.8) is 0 Å². The number of aryl methyl sites for hydroxylation is 1. The maximum atomic E-state index is 12.6. The van der Waals surface area contributed by atoms with Gasteiger partial charge in [-0.1, -0.05) is 35.9 Å². The number of rotatable bonds is 3. The Hall–Kier alpha value is -2.33. The van der Waals surface area contributed by atoms with Crippen LogP contribution in [0.15, 0.2) is 42.5 Å². The van der Waals surface area contributed by atoms with Crippen LogP contribution in [0.5, 0.6) is 0 Å². The highest BCUT2D eigenvalue weighted by atomic mass is 35.5. The lowest BCUT2D eigenvalue weighted by Gasteiger charge is -2.19. The first-order valence-corrected chi connectivity index (χ1v) is 8.27. The van der Waals surface area contributed by atoms with E-state index < -0.39 is 0 Å². The number of nitrogens with one attached hydrogen (secondary N) is 1. The summed E-state index contributed by atoms with van der Waals surface area (Å²) in [5, 5.41) is 3.51. The van der Waals surface area contributed by atoms with Crippen LogP contribution >= 0.6 is 11.6 Å². The predicted octanol–water partition coefficient (Wildman–Crippen LogP) is 3.95. The second-order valence-electron chi connectivity index (χ2n) is 6.09. The van der Waals surface area contributed by atoms with E-state index in [0.29, 0.717) is 17.3 Å². The molecule has 4 nitrogen and oxygen atoms in total. The number of hydrogen-bond acceptors (Lipinski definition) is 2. The Morgan fingerprint density at radius 1 is 1.17 bits per heavy atom. The number of carbonyl (C=O) groups is 2. The number of para-hydroxylation sites is 1. The van der Waals surface area contributed by atoms with E-state index in [1.54, 1.807) is 17.0 Å². The molecule has 3 rings (SSSR count). The van der Waals surface area contributed by atoms with Gasteiger partial charge in [0, 0.05) is 29.4 Å². The molecule has 0 bridgehead atoms. The highest BCUT2D eigenvalue weighted by molar-refractivity contribution is 6.31. The van der Waals surface area contributed by atoms with Crippen LogP contribution < -0.4 is 10.2 Å². The lowest BCUT2D eigenvalue weighted by Crippen LogP contribution is -2.28. The number of halogens is 1. The zero-order chi connectivity index (χ0) is 17.3. The normalized spacial score (nSPS) is 17.2. The molecule has 5 heteroatoms. The second kappa shape index (κ2) is 6.65. The molecule has 1 heterocycles. The number of benzene rings is 2. The summed E-state index contributed by atoms with van der Waals surface area (Å²) in [5.41, 5.74) is 3.41. The maximum absolute atomic E-state index is 12.6. The van der Waals surface area contributed by atoms with Gasteiger partial charge in [-0.3, -0.25) is 9.59 Å². The van der Waals surface area contributed by atoms with Gasteiger partial charge in [0.1, 0.15) is 0 Å². The largest absolute Gasteiger partial charge is 0.325 e. The molecule has 2 aromatic carbocycles. The molecular formula is C19H19ClN2O2. The molecule has 0 aromatic heterocycles. The summed E-state index contributed by atoms with van der Waals surface area (Å²) in [4.78, 5) is 26.6. The summed E-state index contributed by atoms with van der Waals surface area (Å²) in [6.45, 7) is 4.22. The highest BCUT2D eigenvalue weighted by Crippen LogP contribution is 2.29. The molecule has 1 fully saturated rings. The zero-order valence-corrected chi connectivity index (χ0v) is 14.4. The first-order valence-electron chi connectivity index (χ1n) is 7.89. The van der Waals surface area contributed by atoms with Gasteiger partial charge in [0.05, 0.1) is 5.92 Å². The molecular weight excluding hydrogens is 324 g/mol. The van der Waals surface area contributed by atoms with E-state index in [1.165, 1.54) is 0 Å². The summed E-state index contributed by atoms with van der Waals surface area (Å²) in [6, 6.07) is 13.1. The molecule has 0 aliphatic carbocycles. The van der Waals surface area contributed by atoms with Gasteiger partial charge in [-0.2, -0.15) is 0 Å². The van der Waals surface area contributed by atoms with E-state index in [1.807, 2.05) is 44.2 Å². The van der Waals surface area contributed by atoms with E-state index in [-0.39, 0.29) is 24.2 Å². The Morgan fingerprint density at radius 2 is 1.92 bits per heavy atom. The SMILES string of the molecule is Cc1ccccc1N1CC(C(=O)Nc2cccc(Cl)c2C)CC1=O. The summed E-state index contributed by atoms with van der Waals surface area (Å²) in [5.74, 6) is -0.535. The Labute approximate surface area is 146 Å². The van der Waals surface area contributed by atoms with Crippen LogP contribution in [-0.2, 0) is 9.59 Å². The third-order valence-electron chi connectivity index (χ3n) is 4.43. The first kappa shape index (κ1) is 16.5. The summed E-state index contributed by atoms with van der Waals surface area (Å²) in [6.07, 6.45) is 0.222. The molecule has 1 unspecified atom stereocenters. The molecule has 1 atom stereocenters. The van der Waals surface area contributed by atoms with Crippen molar-refractivity contribution in [1.29, 1.82) is 0 Å². The minimum Gasteiger partial charge on any atom is -0.325 e. The average molecular weight is 343 g/mol. The molecule has 0 radical (unpaired) electrons. The predicted molar refractivity (Wildman–Crippen MR) is 96.5 cm³/mol. The Bertz CT molecular complexity index is 804. The summed E-state index contributed by atoms with van der Waals surface area (Å²) in [7, 11) is 0. The molecule has 0 saturated carbocycles. The van der Waals surface area contributed by atoms with Gasteiger partial charge in [0.15, 0.2) is 0 Å². The molecule has 1 N–H and O–H groups in total. The molecule has 0 spiro atoms. The van der Waals surface area contributed by atoms with E-state index in [2.05, 4.69) is 5.32 Å². The van der Waals surface area contributed by atoms with E-state index in [0.717, 1.165) is 16.8 Å². The molecule has 1 aliphatic heterocycles. The summed E-state index contributed by atoms with van der Waals surface area (Å²) < 4.78 is 0. The number of hydrogen-bond donors (Lipinski definition) is 1. The third kappa shape index (κ3) is 3.15. The molecule has 2 aromatic rings. The quantitative estimate of drug-likeness (QED) is 0.918. The number of amides is 2. The topological polar surface area (TPSA) is 49.4 Å². The van der Waals surface area contributed by atoms with Crippen LogP contribution in [0.3, 0.4) is 0 Å². The minimum absolute atomic E-state index is 0.0210. The van der Waals surface area contributed by atoms with Gasteiger partial charge < -0.3 is 10.2 Å². The van der Waals surface area contributed by atoms with Crippen molar-refractivity contribution in [1.82, 2.24) is 0 Å². The Morgan fingerprint density at radius 3 is 2.67 bits per heavy atom. The maximum Gasteiger partial charge on any atom is 0.229 e. The molecule has 24 heavy (non-hydrogen) atoms. The van der Waals surface area contributed by atoms with Gasteiger partial charge >= 0.3 is 0 Å². The number of carbonyl (C=O) groups excluding carboxylic acids is 2. The monoisotopic (exact) mass is 342 g/mol. The van der Waals surface area contributed by atoms with Gasteiger partial charge in [-0.25, -0.2) is 0 Å². The molecule has 1 aliphatic rings. The van der Waals surface area contributed by atoms with E-state index in [9.17, 15) is 9.59 Å². The van der Waals surface area contributed by atoms with Crippen LogP contribution in [0.25, 0.3) is 0 Å². The van der Waals surface area contributed by atoms with Crippen molar-refractivity contribution < 1.29 is 9.59 Å². The lowest BCUT2D eigenvalue weighted by molar-refractivity contribution is -0.122. The first-order chi connectivity index (χ1) is 11.5. The third-order valence-corrected chi connectivity index (χ3v) is 4.84. The highest BCUT2D eigenvalue weighted by Gasteiger charge is 2.35. The standard InChI is InChI=1S/C19H19ClN2O2/c1-12-6-3-4-9-17(12)22-11-14(10-18(22)23)19(24)21-16-8-5-7-15(20)13(16)2/h3-9,14H,10-11H2,1-2H3,(H,21,24). The van der Waals surface area contributed by atoms with Crippen molar-refractivity contribution >= 4 is 34.8 Å². The number of nitrogens with zero attached hydrogens (tertiary/aromatic N) is 1. The van der Waals surface area contributed by atoms with Crippen LogP contribution in [0.4, 0.5) is 11.4 Å². The minimum atomic E-state index is -0.365. The molecule has 124 valence electrons. The van der Waals surface area contributed by atoms with E-state index in [4.69, 9.17) is 11.6 Å². The van der Waals surface area contributed by atoms with E-state index >= 15 is 0 Å². The van der Waals surface area contributed by atoms with Crippen molar-refractivity contribution in [2.75, 3.05) is 16.8 Å².